The monoisotopic (exact) mass is 284 g/mol. The molecule has 2 unspecified atom stereocenters. The van der Waals surface area contributed by atoms with E-state index in [9.17, 15) is 5.11 Å². The van der Waals surface area contributed by atoms with Gasteiger partial charge in [0.05, 0.1) is 12.7 Å². The second-order valence-electron chi connectivity index (χ2n) is 5.29. The van der Waals surface area contributed by atoms with E-state index in [0.29, 0.717) is 6.42 Å². The first-order chi connectivity index (χ1) is 8.72. The summed E-state index contributed by atoms with van der Waals surface area (Å²) < 4.78 is 0. The van der Waals surface area contributed by atoms with Crippen molar-refractivity contribution in [3.05, 3.63) is 0 Å². The molecule has 0 aromatic heterocycles. The summed E-state index contributed by atoms with van der Waals surface area (Å²) in [6.07, 6.45) is 11.5. The summed E-state index contributed by atoms with van der Waals surface area (Å²) in [5, 5.41) is 27.3. The molecule has 0 bridgehead atoms. The van der Waals surface area contributed by atoms with Gasteiger partial charge in [-0.25, -0.2) is 0 Å². The van der Waals surface area contributed by atoms with E-state index in [4.69, 9.17) is 10.2 Å². The summed E-state index contributed by atoms with van der Waals surface area (Å²) in [5.41, 5.74) is 0. The summed E-state index contributed by atoms with van der Waals surface area (Å²) in [6, 6.07) is 0. The molecule has 0 heterocycles. The number of aliphatic hydroxyl groups excluding tert-OH is 3. The van der Waals surface area contributed by atoms with Crippen molar-refractivity contribution in [1.82, 2.24) is 0 Å². The maximum absolute atomic E-state index is 9.43. The minimum absolute atomic E-state index is 0. The van der Waals surface area contributed by atoms with Gasteiger partial charge in [0.2, 0.25) is 0 Å². The molecule has 0 rings (SSSR count). The topological polar surface area (TPSA) is 60.7 Å². The Kier molecular flexibility index (Phi) is 19.8. The molecule has 2 atom stereocenters. The van der Waals surface area contributed by atoms with Crippen molar-refractivity contribution in [2.45, 2.75) is 89.8 Å². The minimum atomic E-state index is -0.969. The van der Waals surface area contributed by atoms with Crippen LogP contribution in [0.4, 0.5) is 0 Å². The van der Waals surface area contributed by atoms with Gasteiger partial charge in [-0.3, -0.25) is 0 Å². The molecule has 112 valence electrons. The molecular weight excluding hydrogens is 251 g/mol. The molecule has 0 aliphatic rings. The van der Waals surface area contributed by atoms with Crippen LogP contribution in [0.25, 0.3) is 0 Å². The van der Waals surface area contributed by atoms with E-state index < -0.39 is 12.2 Å². The molecule has 0 amide bonds. The van der Waals surface area contributed by atoms with Crippen molar-refractivity contribution in [1.29, 1.82) is 0 Å². The van der Waals surface area contributed by atoms with Gasteiger partial charge in [0, 0.05) is 0 Å². The maximum atomic E-state index is 9.43. The summed E-state index contributed by atoms with van der Waals surface area (Å²) in [5.74, 6) is 0. The molecule has 0 aromatic rings. The van der Waals surface area contributed by atoms with Gasteiger partial charge < -0.3 is 15.3 Å². The predicted octanol–water partition coefficient (Wildman–Crippen LogP) is 2.36. The standard InChI is InChI=1S/C15H32O3.Na.H/c1-2-3-4-5-6-7-8-9-10-11-12-14(17)15(18)13-16;;/h14-18H,2-13H2,1H3;;. The van der Waals surface area contributed by atoms with Crippen LogP contribution in [-0.2, 0) is 0 Å². The van der Waals surface area contributed by atoms with Crippen LogP contribution < -0.4 is 0 Å². The fourth-order valence-electron chi connectivity index (χ4n) is 2.15. The average molecular weight is 284 g/mol. The van der Waals surface area contributed by atoms with E-state index in [1.54, 1.807) is 0 Å². The summed E-state index contributed by atoms with van der Waals surface area (Å²) in [4.78, 5) is 0. The number of rotatable bonds is 13. The molecule has 3 nitrogen and oxygen atoms in total. The van der Waals surface area contributed by atoms with Crippen LogP contribution in [0, 0.1) is 0 Å². The van der Waals surface area contributed by atoms with E-state index >= 15 is 0 Å². The second-order valence-corrected chi connectivity index (χ2v) is 5.29. The summed E-state index contributed by atoms with van der Waals surface area (Å²) in [7, 11) is 0. The Morgan fingerprint density at radius 3 is 1.53 bits per heavy atom. The van der Waals surface area contributed by atoms with Crippen molar-refractivity contribution >= 4 is 29.6 Å². The Morgan fingerprint density at radius 2 is 1.11 bits per heavy atom. The van der Waals surface area contributed by atoms with Gasteiger partial charge in [-0.05, 0) is 6.42 Å². The molecule has 0 aliphatic heterocycles. The quantitative estimate of drug-likeness (QED) is 0.359. The molecule has 19 heavy (non-hydrogen) atoms. The molecule has 3 N–H and O–H groups in total. The van der Waals surface area contributed by atoms with E-state index in [2.05, 4.69) is 6.92 Å². The molecule has 4 heteroatoms. The Hall–Kier alpha value is 0.880. The molecule has 0 radical (unpaired) electrons. The van der Waals surface area contributed by atoms with Crippen LogP contribution in [-0.4, -0.2) is 63.7 Å². The van der Waals surface area contributed by atoms with E-state index in [1.807, 2.05) is 0 Å². The van der Waals surface area contributed by atoms with Crippen LogP contribution in [0.3, 0.4) is 0 Å². The van der Waals surface area contributed by atoms with Crippen molar-refractivity contribution in [2.75, 3.05) is 6.61 Å². The third-order valence-electron chi connectivity index (χ3n) is 3.48. The first-order valence-corrected chi connectivity index (χ1v) is 7.69. The molecule has 0 spiro atoms. The number of aliphatic hydroxyl groups is 3. The van der Waals surface area contributed by atoms with Gasteiger partial charge in [-0.2, -0.15) is 0 Å². The molecule has 0 saturated heterocycles. The second kappa shape index (κ2) is 16.9. The van der Waals surface area contributed by atoms with Crippen LogP contribution in [0.1, 0.15) is 77.6 Å². The number of hydrogen-bond donors (Lipinski definition) is 3. The van der Waals surface area contributed by atoms with Crippen LogP contribution in [0.15, 0.2) is 0 Å². The number of hydrogen-bond acceptors (Lipinski definition) is 3. The third kappa shape index (κ3) is 15.1. The fraction of sp³-hybridized carbons (Fsp3) is 1.00. The number of unbranched alkanes of at least 4 members (excludes halogenated alkanes) is 9. The van der Waals surface area contributed by atoms with Gasteiger partial charge in [-0.15, -0.1) is 0 Å². The van der Waals surface area contributed by atoms with Gasteiger partial charge in [-0.1, -0.05) is 71.1 Å². The molecule has 0 aromatic carbocycles. The normalized spacial score (nSPS) is 13.9. The molecule has 0 fully saturated rings. The first-order valence-electron chi connectivity index (χ1n) is 7.69. The average Bonchev–Trinajstić information content (AvgIpc) is 2.39. The van der Waals surface area contributed by atoms with E-state index in [-0.39, 0.29) is 36.2 Å². The zero-order chi connectivity index (χ0) is 13.6. The Labute approximate surface area is 141 Å². The summed E-state index contributed by atoms with van der Waals surface area (Å²) in [6.45, 7) is 1.89. The van der Waals surface area contributed by atoms with Crippen molar-refractivity contribution < 1.29 is 15.3 Å². The van der Waals surface area contributed by atoms with Gasteiger partial charge in [0.25, 0.3) is 0 Å². The summed E-state index contributed by atoms with van der Waals surface area (Å²) >= 11 is 0. The van der Waals surface area contributed by atoms with Gasteiger partial charge in [0.15, 0.2) is 0 Å². The van der Waals surface area contributed by atoms with Gasteiger partial charge >= 0.3 is 29.6 Å². The third-order valence-corrected chi connectivity index (χ3v) is 3.48. The predicted molar refractivity (Wildman–Crippen MR) is 82.7 cm³/mol. The molecular formula is C15H33NaO3. The Bertz CT molecular complexity index is 167. The van der Waals surface area contributed by atoms with E-state index in [0.717, 1.165) is 12.8 Å². The Balaban J connectivity index is 0. The van der Waals surface area contributed by atoms with Crippen LogP contribution in [0.5, 0.6) is 0 Å². The Morgan fingerprint density at radius 1 is 0.684 bits per heavy atom. The van der Waals surface area contributed by atoms with Crippen molar-refractivity contribution in [2.24, 2.45) is 0 Å². The SMILES string of the molecule is CCCCCCCCCCCCC(O)C(O)CO.[NaH]. The zero-order valence-corrected chi connectivity index (χ0v) is 12.0. The van der Waals surface area contributed by atoms with E-state index in [1.165, 1.54) is 51.4 Å². The van der Waals surface area contributed by atoms with Crippen LogP contribution >= 0.6 is 0 Å². The van der Waals surface area contributed by atoms with Crippen molar-refractivity contribution in [3.8, 4) is 0 Å². The molecule has 0 aliphatic carbocycles. The van der Waals surface area contributed by atoms with Crippen LogP contribution in [0.2, 0.25) is 0 Å². The van der Waals surface area contributed by atoms with Crippen molar-refractivity contribution in [3.63, 3.8) is 0 Å². The molecule has 0 saturated carbocycles. The first kappa shape index (κ1) is 22.2. The van der Waals surface area contributed by atoms with Gasteiger partial charge in [0.1, 0.15) is 6.10 Å². The zero-order valence-electron chi connectivity index (χ0n) is 12.0. The fourth-order valence-corrected chi connectivity index (χ4v) is 2.15.